The molecule has 0 bridgehead atoms. The third-order valence-electron chi connectivity index (χ3n) is 7.21. The van der Waals surface area contributed by atoms with Gasteiger partial charge in [-0.05, 0) is 82.7 Å². The molecule has 41 heavy (non-hydrogen) atoms. The van der Waals surface area contributed by atoms with Crippen molar-refractivity contribution in [2.45, 2.75) is 57.0 Å². The molecule has 10 nitrogen and oxygen atoms in total. The third kappa shape index (κ3) is 6.51. The average molecular weight is 600 g/mol. The number of fused-ring (bicyclic) bond motifs is 1. The molecule has 1 aliphatic rings. The predicted molar refractivity (Wildman–Crippen MR) is 157 cm³/mol. The first kappa shape index (κ1) is 28.9. The summed E-state index contributed by atoms with van der Waals surface area (Å²) in [6.45, 7) is 6.81. The molecule has 2 aromatic heterocycles. The van der Waals surface area contributed by atoms with E-state index in [2.05, 4.69) is 9.97 Å². The number of piperidine rings is 1. The van der Waals surface area contributed by atoms with Gasteiger partial charge in [-0.2, -0.15) is 9.78 Å². The normalized spacial score (nSPS) is 15.0. The number of carbonyl (C=O) groups is 1. The number of aromatic hydroxyl groups is 1. The van der Waals surface area contributed by atoms with E-state index in [-0.39, 0.29) is 16.9 Å². The smallest absolute Gasteiger partial charge is 0.410 e. The van der Waals surface area contributed by atoms with Gasteiger partial charge in [-0.25, -0.2) is 18.2 Å². The van der Waals surface area contributed by atoms with Crippen molar-refractivity contribution in [3.05, 3.63) is 53.1 Å². The number of rotatable bonds is 6. The van der Waals surface area contributed by atoms with E-state index in [4.69, 9.17) is 21.4 Å². The lowest BCUT2D eigenvalue weighted by atomic mass is 9.90. The van der Waals surface area contributed by atoms with Crippen LogP contribution in [0.4, 0.5) is 4.79 Å². The number of benzene rings is 2. The first-order valence-corrected chi connectivity index (χ1v) is 15.8. The highest BCUT2D eigenvalue weighted by Crippen LogP contribution is 2.35. The van der Waals surface area contributed by atoms with Gasteiger partial charge in [0, 0.05) is 35.5 Å². The lowest BCUT2D eigenvalue weighted by Crippen LogP contribution is -2.41. The van der Waals surface area contributed by atoms with Gasteiger partial charge in [0.05, 0.1) is 15.9 Å². The van der Waals surface area contributed by atoms with Crippen LogP contribution >= 0.6 is 11.6 Å². The summed E-state index contributed by atoms with van der Waals surface area (Å²) in [5.74, 6) is 0.652. The Morgan fingerprint density at radius 2 is 1.83 bits per heavy atom. The number of nitrogens with one attached hydrogen (secondary N) is 1. The van der Waals surface area contributed by atoms with E-state index >= 15 is 0 Å². The number of ether oxygens (including phenoxy) is 1. The highest BCUT2D eigenvalue weighted by atomic mass is 35.5. The maximum Gasteiger partial charge on any atom is 0.410 e. The summed E-state index contributed by atoms with van der Waals surface area (Å²) >= 11 is 6.13. The Hall–Kier alpha value is -3.57. The van der Waals surface area contributed by atoms with E-state index in [0.717, 1.165) is 31.0 Å². The molecule has 0 saturated carbocycles. The van der Waals surface area contributed by atoms with Crippen LogP contribution in [0.15, 0.2) is 47.4 Å². The predicted octanol–water partition coefficient (Wildman–Crippen LogP) is 5.76. The summed E-state index contributed by atoms with van der Waals surface area (Å²) in [4.78, 5) is 22.2. The summed E-state index contributed by atoms with van der Waals surface area (Å²) in [6.07, 6.45) is 3.86. The molecule has 1 saturated heterocycles. The number of aromatic nitrogens is 4. The number of H-pyrrole nitrogens is 1. The average Bonchev–Trinajstić information content (AvgIpc) is 3.46. The summed E-state index contributed by atoms with van der Waals surface area (Å²) in [5, 5.41) is 16.6. The molecular weight excluding hydrogens is 566 g/mol. The van der Waals surface area contributed by atoms with Crippen LogP contribution in [-0.4, -0.2) is 69.2 Å². The molecular formula is C29H34ClN5O5S. The highest BCUT2D eigenvalue weighted by Gasteiger charge is 2.28. The van der Waals surface area contributed by atoms with Crippen molar-refractivity contribution in [1.29, 1.82) is 0 Å². The number of carbonyl (C=O) groups excluding carboxylic acids is 1. The van der Waals surface area contributed by atoms with E-state index in [0.29, 0.717) is 58.7 Å². The Morgan fingerprint density at radius 1 is 1.15 bits per heavy atom. The number of imidazole rings is 1. The van der Waals surface area contributed by atoms with Gasteiger partial charge in [0.1, 0.15) is 11.3 Å². The minimum atomic E-state index is -3.36. The topological polar surface area (TPSA) is 130 Å². The fraction of sp³-hybridized carbons (Fsp3) is 0.414. The number of aromatic amines is 1. The molecule has 0 unspecified atom stereocenters. The zero-order valence-electron chi connectivity index (χ0n) is 23.5. The number of sulfone groups is 1. The number of likely N-dealkylation sites (tertiary alicyclic amines) is 1. The lowest BCUT2D eigenvalue weighted by Gasteiger charge is -2.33. The van der Waals surface area contributed by atoms with Crippen molar-refractivity contribution in [1.82, 2.24) is 24.6 Å². The molecule has 5 rings (SSSR count). The van der Waals surface area contributed by atoms with Gasteiger partial charge in [-0.3, -0.25) is 0 Å². The second-order valence-corrected chi connectivity index (χ2v) is 14.0. The Bertz CT molecular complexity index is 1680. The molecule has 1 aliphatic heterocycles. The van der Waals surface area contributed by atoms with Gasteiger partial charge in [0.2, 0.25) is 11.8 Å². The highest BCUT2D eigenvalue weighted by molar-refractivity contribution is 7.90. The largest absolute Gasteiger partial charge is 0.493 e. The molecule has 2 aromatic carbocycles. The number of hydrogen-bond acceptors (Lipinski definition) is 7. The number of nitrogens with zero attached hydrogens (tertiary/aromatic N) is 4. The fourth-order valence-corrected chi connectivity index (χ4v) is 5.85. The van der Waals surface area contributed by atoms with Gasteiger partial charge in [-0.15, -0.1) is 0 Å². The third-order valence-corrected chi connectivity index (χ3v) is 8.58. The minimum absolute atomic E-state index is 0.0384. The van der Waals surface area contributed by atoms with Crippen molar-refractivity contribution < 1.29 is 23.1 Å². The molecule has 12 heteroatoms. The van der Waals surface area contributed by atoms with E-state index in [1.54, 1.807) is 41.3 Å². The second-order valence-electron chi connectivity index (χ2n) is 11.5. The van der Waals surface area contributed by atoms with E-state index in [9.17, 15) is 18.3 Å². The summed E-state index contributed by atoms with van der Waals surface area (Å²) in [6, 6.07) is 11.8. The molecule has 3 heterocycles. The van der Waals surface area contributed by atoms with Crippen molar-refractivity contribution in [2.75, 3.05) is 19.3 Å². The Labute approximate surface area is 244 Å². The SMILES string of the molecule is CC(C)(C)OC(=O)N1CCC(CCc2c(-c3ccc(S(C)(=O)=O)cc3)nn(-c3nc4cc(Cl)ccc4[nH]3)c2O)CC1. The van der Waals surface area contributed by atoms with E-state index in [1.807, 2.05) is 26.8 Å². The molecule has 218 valence electrons. The van der Waals surface area contributed by atoms with Crippen molar-refractivity contribution in [3.8, 4) is 23.1 Å². The molecule has 1 amide bonds. The minimum Gasteiger partial charge on any atom is -0.493 e. The summed E-state index contributed by atoms with van der Waals surface area (Å²) in [7, 11) is -3.36. The molecule has 0 aliphatic carbocycles. The van der Waals surface area contributed by atoms with Crippen molar-refractivity contribution in [2.24, 2.45) is 5.92 Å². The zero-order chi connectivity index (χ0) is 29.5. The van der Waals surface area contributed by atoms with Crippen LogP contribution in [0.2, 0.25) is 5.02 Å². The molecule has 0 atom stereocenters. The Balaban J connectivity index is 1.41. The maximum atomic E-state index is 12.5. The Morgan fingerprint density at radius 3 is 2.46 bits per heavy atom. The van der Waals surface area contributed by atoms with Gasteiger partial charge < -0.3 is 19.7 Å². The van der Waals surface area contributed by atoms with Crippen LogP contribution in [0.5, 0.6) is 5.88 Å². The lowest BCUT2D eigenvalue weighted by molar-refractivity contribution is 0.0181. The van der Waals surface area contributed by atoms with Crippen molar-refractivity contribution >= 4 is 38.6 Å². The molecule has 2 N–H and O–H groups in total. The Kier molecular flexibility index (Phi) is 7.78. The fourth-order valence-electron chi connectivity index (χ4n) is 5.06. The van der Waals surface area contributed by atoms with Crippen LogP contribution < -0.4 is 0 Å². The molecule has 0 spiro atoms. The number of halogens is 1. The van der Waals surface area contributed by atoms with Crippen molar-refractivity contribution in [3.63, 3.8) is 0 Å². The number of hydrogen-bond donors (Lipinski definition) is 2. The van der Waals surface area contributed by atoms with Crippen LogP contribution in [0.1, 0.15) is 45.6 Å². The first-order valence-electron chi connectivity index (χ1n) is 13.5. The van der Waals surface area contributed by atoms with Crippen LogP contribution in [0.3, 0.4) is 0 Å². The second kappa shape index (κ2) is 11.0. The molecule has 0 radical (unpaired) electrons. The van der Waals surface area contributed by atoms with Gasteiger partial charge in [-0.1, -0.05) is 23.7 Å². The molecule has 4 aromatic rings. The molecule has 1 fully saturated rings. The summed E-state index contributed by atoms with van der Waals surface area (Å²) in [5.41, 5.74) is 2.72. The monoisotopic (exact) mass is 599 g/mol. The quantitative estimate of drug-likeness (QED) is 0.288. The van der Waals surface area contributed by atoms with E-state index in [1.165, 1.54) is 4.68 Å². The number of amides is 1. The summed E-state index contributed by atoms with van der Waals surface area (Å²) < 4.78 is 30.9. The first-order chi connectivity index (χ1) is 19.3. The van der Waals surface area contributed by atoms with Gasteiger partial charge in [0.15, 0.2) is 9.84 Å². The van der Waals surface area contributed by atoms with Crippen LogP contribution in [-0.2, 0) is 21.0 Å². The van der Waals surface area contributed by atoms with Gasteiger partial charge >= 0.3 is 6.09 Å². The van der Waals surface area contributed by atoms with Crippen LogP contribution in [0.25, 0.3) is 28.2 Å². The van der Waals surface area contributed by atoms with Crippen LogP contribution in [0, 0.1) is 5.92 Å². The standard InChI is InChI=1S/C29H34ClN5O5S/c1-29(2,3)40-28(37)34-15-13-18(14-16-34)5-11-22-25(19-6-9-21(10-7-19)41(4,38)39)33-35(26(22)36)27-31-23-12-8-20(30)17-24(23)32-27/h6-10,12,17-18,36H,5,11,13-16H2,1-4H3,(H,31,32). The maximum absolute atomic E-state index is 12.5. The van der Waals surface area contributed by atoms with E-state index < -0.39 is 15.4 Å². The zero-order valence-corrected chi connectivity index (χ0v) is 25.1. The van der Waals surface area contributed by atoms with Gasteiger partial charge in [0.25, 0.3) is 0 Å².